The second-order valence-electron chi connectivity index (χ2n) is 7.05. The normalized spacial score (nSPS) is 19.1. The number of aliphatic imine (C=N–C) groups is 1. The van der Waals surface area contributed by atoms with E-state index in [-0.39, 0.29) is 12.2 Å². The minimum absolute atomic E-state index is 0.0274. The fourth-order valence-electron chi connectivity index (χ4n) is 3.70. The second-order valence-corrected chi connectivity index (χ2v) is 7.05. The molecule has 28 heavy (non-hydrogen) atoms. The molecule has 4 rings (SSSR count). The minimum Gasteiger partial charge on any atom is -0.508 e. The zero-order valence-corrected chi connectivity index (χ0v) is 16.1. The first-order valence-electron chi connectivity index (χ1n) is 9.46. The molecule has 0 bridgehead atoms. The standard InChI is InChI=1S/C24H24N2O2/c1-16-7-3-4-8-19(16)24-25-21(17-11-13-18(28-2)14-12-17)15-22(26-24)20-9-5-6-10-23(20)27/h3-14,22,24,26-27H,15H2,1-2H3/t22-,24+/m0/s1. The van der Waals surface area contributed by atoms with E-state index in [9.17, 15) is 5.11 Å². The van der Waals surface area contributed by atoms with Crippen molar-refractivity contribution < 1.29 is 9.84 Å². The van der Waals surface area contributed by atoms with Gasteiger partial charge in [-0.2, -0.15) is 0 Å². The minimum atomic E-state index is -0.170. The number of nitrogens with one attached hydrogen (secondary N) is 1. The summed E-state index contributed by atoms with van der Waals surface area (Å²) in [5, 5.41) is 14.0. The third-order valence-electron chi connectivity index (χ3n) is 5.26. The monoisotopic (exact) mass is 372 g/mol. The number of aromatic hydroxyl groups is 1. The molecule has 0 radical (unpaired) electrons. The van der Waals surface area contributed by atoms with Crippen molar-refractivity contribution in [2.75, 3.05) is 7.11 Å². The molecule has 3 aromatic rings. The van der Waals surface area contributed by atoms with Crippen LogP contribution in [0, 0.1) is 6.92 Å². The molecule has 0 aliphatic carbocycles. The Balaban J connectivity index is 1.76. The summed E-state index contributed by atoms with van der Waals surface area (Å²) in [6.07, 6.45) is 0.531. The van der Waals surface area contributed by atoms with E-state index in [1.54, 1.807) is 13.2 Å². The van der Waals surface area contributed by atoms with Gasteiger partial charge in [-0.1, -0.05) is 42.5 Å². The number of aryl methyl sites for hydroxylation is 1. The van der Waals surface area contributed by atoms with Crippen molar-refractivity contribution in [1.29, 1.82) is 0 Å². The Morgan fingerprint density at radius 3 is 2.29 bits per heavy atom. The van der Waals surface area contributed by atoms with E-state index >= 15 is 0 Å². The smallest absolute Gasteiger partial charge is 0.126 e. The average Bonchev–Trinajstić information content (AvgIpc) is 2.74. The van der Waals surface area contributed by atoms with Crippen LogP contribution >= 0.6 is 0 Å². The molecule has 0 unspecified atom stereocenters. The molecule has 142 valence electrons. The number of phenolic OH excluding ortho intramolecular Hbond substituents is 1. The fourth-order valence-corrected chi connectivity index (χ4v) is 3.70. The molecule has 0 saturated heterocycles. The summed E-state index contributed by atoms with van der Waals surface area (Å²) in [6, 6.07) is 23.8. The summed E-state index contributed by atoms with van der Waals surface area (Å²) < 4.78 is 5.28. The predicted octanol–water partition coefficient (Wildman–Crippen LogP) is 4.93. The van der Waals surface area contributed by atoms with Gasteiger partial charge >= 0.3 is 0 Å². The van der Waals surface area contributed by atoms with Crippen molar-refractivity contribution >= 4 is 5.71 Å². The Bertz CT molecular complexity index is 995. The van der Waals surface area contributed by atoms with Gasteiger partial charge in [-0.3, -0.25) is 10.3 Å². The lowest BCUT2D eigenvalue weighted by atomic mass is 9.93. The Morgan fingerprint density at radius 1 is 0.929 bits per heavy atom. The lowest BCUT2D eigenvalue weighted by molar-refractivity contribution is 0.411. The van der Waals surface area contributed by atoms with Crippen LogP contribution < -0.4 is 10.1 Å². The Labute approximate surface area is 165 Å². The fraction of sp³-hybridized carbons (Fsp3) is 0.208. The summed E-state index contributed by atoms with van der Waals surface area (Å²) in [5.41, 5.74) is 5.32. The van der Waals surface area contributed by atoms with Gasteiger partial charge in [-0.15, -0.1) is 0 Å². The molecular formula is C24H24N2O2. The molecule has 0 spiro atoms. The van der Waals surface area contributed by atoms with Gasteiger partial charge in [0.05, 0.1) is 7.11 Å². The van der Waals surface area contributed by atoms with Crippen LogP contribution in [-0.2, 0) is 0 Å². The number of para-hydroxylation sites is 1. The van der Waals surface area contributed by atoms with E-state index in [1.165, 1.54) is 5.56 Å². The highest BCUT2D eigenvalue weighted by molar-refractivity contribution is 6.01. The Kier molecular flexibility index (Phi) is 5.13. The lowest BCUT2D eigenvalue weighted by Gasteiger charge is -2.31. The van der Waals surface area contributed by atoms with Crippen LogP contribution in [0.4, 0.5) is 0 Å². The van der Waals surface area contributed by atoms with Crippen LogP contribution in [0.2, 0.25) is 0 Å². The number of ether oxygens (including phenoxy) is 1. The summed E-state index contributed by atoms with van der Waals surface area (Å²) in [7, 11) is 1.67. The Morgan fingerprint density at radius 2 is 1.61 bits per heavy atom. The molecular weight excluding hydrogens is 348 g/mol. The molecule has 1 aliphatic rings. The number of phenols is 1. The number of rotatable bonds is 4. The van der Waals surface area contributed by atoms with E-state index in [2.05, 4.69) is 24.4 Å². The summed E-state index contributed by atoms with van der Waals surface area (Å²) in [4.78, 5) is 5.03. The summed E-state index contributed by atoms with van der Waals surface area (Å²) >= 11 is 0. The number of benzene rings is 3. The van der Waals surface area contributed by atoms with Crippen LogP contribution in [0.25, 0.3) is 0 Å². The number of hydrogen-bond acceptors (Lipinski definition) is 4. The van der Waals surface area contributed by atoms with Crippen molar-refractivity contribution in [3.8, 4) is 11.5 Å². The maximum atomic E-state index is 10.4. The second kappa shape index (κ2) is 7.87. The van der Waals surface area contributed by atoms with Gasteiger partial charge in [0.1, 0.15) is 17.7 Å². The summed E-state index contributed by atoms with van der Waals surface area (Å²) in [5.74, 6) is 1.13. The maximum absolute atomic E-state index is 10.4. The first-order chi connectivity index (χ1) is 13.7. The number of methoxy groups -OCH3 is 1. The van der Waals surface area contributed by atoms with E-state index in [0.29, 0.717) is 12.2 Å². The van der Waals surface area contributed by atoms with Crippen LogP contribution in [0.3, 0.4) is 0 Å². The van der Waals surface area contributed by atoms with Crippen LogP contribution in [0.1, 0.15) is 40.9 Å². The highest BCUT2D eigenvalue weighted by atomic mass is 16.5. The largest absolute Gasteiger partial charge is 0.508 e. The lowest BCUT2D eigenvalue weighted by Crippen LogP contribution is -2.33. The van der Waals surface area contributed by atoms with Gasteiger partial charge in [0, 0.05) is 23.7 Å². The molecule has 0 saturated carbocycles. The van der Waals surface area contributed by atoms with Crippen LogP contribution in [0.5, 0.6) is 11.5 Å². The quantitative estimate of drug-likeness (QED) is 0.683. The molecule has 0 fully saturated rings. The van der Waals surface area contributed by atoms with Gasteiger partial charge in [-0.05, 0) is 53.9 Å². The first kappa shape index (κ1) is 18.3. The van der Waals surface area contributed by atoms with E-state index < -0.39 is 0 Å². The van der Waals surface area contributed by atoms with Gasteiger partial charge in [0.25, 0.3) is 0 Å². The molecule has 3 aromatic carbocycles. The SMILES string of the molecule is COc1ccc(C2=N[C@@H](c3ccccc3C)N[C@H](c3ccccc3O)C2)cc1. The van der Waals surface area contributed by atoms with Gasteiger partial charge < -0.3 is 9.84 Å². The zero-order chi connectivity index (χ0) is 19.5. The molecule has 0 aromatic heterocycles. The van der Waals surface area contributed by atoms with Crippen molar-refractivity contribution in [1.82, 2.24) is 5.32 Å². The average molecular weight is 372 g/mol. The topological polar surface area (TPSA) is 53.8 Å². The molecule has 2 atom stereocenters. The summed E-state index contributed by atoms with van der Waals surface area (Å²) in [6.45, 7) is 2.10. The molecule has 1 aliphatic heterocycles. The van der Waals surface area contributed by atoms with E-state index in [4.69, 9.17) is 9.73 Å². The van der Waals surface area contributed by atoms with Gasteiger partial charge in [-0.25, -0.2) is 0 Å². The molecule has 4 heteroatoms. The highest BCUT2D eigenvalue weighted by Gasteiger charge is 2.28. The molecule has 1 heterocycles. The molecule has 0 amide bonds. The van der Waals surface area contributed by atoms with Crippen molar-refractivity contribution in [3.05, 3.63) is 95.1 Å². The van der Waals surface area contributed by atoms with E-state index in [1.807, 2.05) is 54.6 Å². The number of hydrogen-bond donors (Lipinski definition) is 2. The van der Waals surface area contributed by atoms with Crippen LogP contribution in [0.15, 0.2) is 77.8 Å². The first-order valence-corrected chi connectivity index (χ1v) is 9.46. The van der Waals surface area contributed by atoms with Crippen molar-refractivity contribution in [2.45, 2.75) is 25.6 Å². The molecule has 2 N–H and O–H groups in total. The Hall–Kier alpha value is -3.11. The number of nitrogens with zero attached hydrogens (tertiary/aromatic N) is 1. The van der Waals surface area contributed by atoms with Crippen molar-refractivity contribution in [3.63, 3.8) is 0 Å². The third-order valence-corrected chi connectivity index (χ3v) is 5.26. The molecule has 4 nitrogen and oxygen atoms in total. The third kappa shape index (κ3) is 3.64. The zero-order valence-electron chi connectivity index (χ0n) is 16.1. The van der Waals surface area contributed by atoms with Gasteiger partial charge in [0.2, 0.25) is 0 Å². The predicted molar refractivity (Wildman–Crippen MR) is 112 cm³/mol. The van der Waals surface area contributed by atoms with Crippen LogP contribution in [-0.4, -0.2) is 17.9 Å². The van der Waals surface area contributed by atoms with E-state index in [0.717, 1.165) is 28.2 Å². The maximum Gasteiger partial charge on any atom is 0.126 e. The van der Waals surface area contributed by atoms with Gasteiger partial charge in [0.15, 0.2) is 0 Å². The highest BCUT2D eigenvalue weighted by Crippen LogP contribution is 2.35. The van der Waals surface area contributed by atoms with Crippen molar-refractivity contribution in [2.24, 2.45) is 4.99 Å².